The fraction of sp³-hybridized carbons (Fsp3) is 0.600. The average Bonchev–Trinajstić information content (AvgIpc) is 2.37. The zero-order valence-electron chi connectivity index (χ0n) is 11.4. The average molecular weight is 267 g/mol. The molecule has 0 radical (unpaired) electrons. The van der Waals surface area contributed by atoms with Crippen LogP contribution in [0.2, 0.25) is 0 Å². The summed E-state index contributed by atoms with van der Waals surface area (Å²) >= 11 is 6.20. The summed E-state index contributed by atoms with van der Waals surface area (Å²) in [5, 5.41) is 0.356. The molecule has 1 aliphatic heterocycles. The predicted molar refractivity (Wildman–Crippen MR) is 79.8 cm³/mol. The van der Waals surface area contributed by atoms with Crippen LogP contribution in [0.15, 0.2) is 24.3 Å². The molecule has 0 spiro atoms. The minimum atomic E-state index is 0.356. The van der Waals surface area contributed by atoms with Crippen molar-refractivity contribution in [3.63, 3.8) is 0 Å². The number of piperidine rings is 1. The van der Waals surface area contributed by atoms with Gasteiger partial charge in [-0.2, -0.15) is 0 Å². The third kappa shape index (κ3) is 3.89. The van der Waals surface area contributed by atoms with E-state index in [-0.39, 0.29) is 0 Å². The summed E-state index contributed by atoms with van der Waals surface area (Å²) in [5.74, 6) is 0. The molecule has 1 aromatic rings. The van der Waals surface area contributed by atoms with Gasteiger partial charge in [-0.1, -0.05) is 12.1 Å². The van der Waals surface area contributed by atoms with E-state index in [9.17, 15) is 0 Å². The van der Waals surface area contributed by atoms with Crippen LogP contribution in [0.25, 0.3) is 0 Å². The van der Waals surface area contributed by atoms with Gasteiger partial charge in [0.15, 0.2) is 0 Å². The second-order valence-electron chi connectivity index (χ2n) is 5.35. The molecule has 1 saturated heterocycles. The lowest BCUT2D eigenvalue weighted by molar-refractivity contribution is 0.235. The van der Waals surface area contributed by atoms with E-state index in [0.717, 1.165) is 19.5 Å². The van der Waals surface area contributed by atoms with Gasteiger partial charge in [0.2, 0.25) is 0 Å². The van der Waals surface area contributed by atoms with E-state index in [2.05, 4.69) is 48.2 Å². The second-order valence-corrected chi connectivity index (χ2v) is 5.97. The summed E-state index contributed by atoms with van der Waals surface area (Å²) in [6.45, 7) is 3.39. The minimum absolute atomic E-state index is 0.356. The van der Waals surface area contributed by atoms with Crippen molar-refractivity contribution in [1.29, 1.82) is 0 Å². The third-order valence-electron chi connectivity index (χ3n) is 3.62. The number of benzene rings is 1. The Morgan fingerprint density at radius 3 is 2.61 bits per heavy atom. The maximum absolute atomic E-state index is 6.20. The Hall–Kier alpha value is -0.730. The van der Waals surface area contributed by atoms with Crippen molar-refractivity contribution in [2.24, 2.45) is 0 Å². The quantitative estimate of drug-likeness (QED) is 0.773. The van der Waals surface area contributed by atoms with E-state index in [1.54, 1.807) is 0 Å². The van der Waals surface area contributed by atoms with Crippen molar-refractivity contribution in [2.75, 3.05) is 38.6 Å². The maximum Gasteiger partial charge on any atom is 0.0463 e. The van der Waals surface area contributed by atoms with Crippen molar-refractivity contribution in [2.45, 2.75) is 24.6 Å². The van der Waals surface area contributed by atoms with E-state index in [4.69, 9.17) is 11.6 Å². The molecule has 2 rings (SSSR count). The van der Waals surface area contributed by atoms with Crippen molar-refractivity contribution in [3.05, 3.63) is 29.8 Å². The van der Waals surface area contributed by atoms with Gasteiger partial charge < -0.3 is 9.80 Å². The maximum atomic E-state index is 6.20. The van der Waals surface area contributed by atoms with Crippen LogP contribution in [0, 0.1) is 0 Å². The zero-order chi connectivity index (χ0) is 13.0. The minimum Gasteiger partial charge on any atom is -0.378 e. The predicted octanol–water partition coefficient (Wildman–Crippen LogP) is 3.00. The Morgan fingerprint density at radius 1 is 1.28 bits per heavy atom. The number of hydrogen-bond acceptors (Lipinski definition) is 2. The van der Waals surface area contributed by atoms with E-state index in [1.807, 2.05) is 0 Å². The van der Waals surface area contributed by atoms with Crippen molar-refractivity contribution in [3.8, 4) is 0 Å². The Morgan fingerprint density at radius 2 is 2.00 bits per heavy atom. The first-order chi connectivity index (χ1) is 8.65. The number of alkyl halides is 1. The molecule has 100 valence electrons. The molecule has 0 aliphatic carbocycles. The van der Waals surface area contributed by atoms with Crippen LogP contribution >= 0.6 is 11.6 Å². The molecule has 1 aromatic carbocycles. The first kappa shape index (κ1) is 13.7. The highest BCUT2D eigenvalue weighted by Crippen LogP contribution is 2.16. The largest absolute Gasteiger partial charge is 0.378 e. The smallest absolute Gasteiger partial charge is 0.0463 e. The molecule has 0 aromatic heterocycles. The van der Waals surface area contributed by atoms with Gasteiger partial charge in [-0.3, -0.25) is 0 Å². The summed E-state index contributed by atoms with van der Waals surface area (Å²) in [6.07, 6.45) is 3.54. The van der Waals surface area contributed by atoms with E-state index in [0.29, 0.717) is 5.38 Å². The van der Waals surface area contributed by atoms with Crippen LogP contribution in [0.5, 0.6) is 0 Å². The highest BCUT2D eigenvalue weighted by molar-refractivity contribution is 6.20. The van der Waals surface area contributed by atoms with Crippen molar-refractivity contribution < 1.29 is 0 Å². The van der Waals surface area contributed by atoms with E-state index in [1.165, 1.54) is 30.6 Å². The molecule has 1 heterocycles. The number of anilines is 1. The van der Waals surface area contributed by atoms with Gasteiger partial charge in [-0.15, -0.1) is 11.6 Å². The van der Waals surface area contributed by atoms with Crippen LogP contribution in [0.4, 0.5) is 5.69 Å². The van der Waals surface area contributed by atoms with Crippen molar-refractivity contribution >= 4 is 17.3 Å². The number of likely N-dealkylation sites (tertiary alicyclic amines) is 1. The Balaban J connectivity index is 1.82. The number of hydrogen-bond donors (Lipinski definition) is 0. The molecule has 18 heavy (non-hydrogen) atoms. The van der Waals surface area contributed by atoms with Gasteiger partial charge in [0.1, 0.15) is 0 Å². The molecule has 2 nitrogen and oxygen atoms in total. The van der Waals surface area contributed by atoms with E-state index >= 15 is 0 Å². The Labute approximate surface area is 116 Å². The Kier molecular flexibility index (Phi) is 4.90. The molecular weight excluding hydrogens is 244 g/mol. The molecule has 0 N–H and O–H groups in total. The molecule has 1 aliphatic rings. The number of halogens is 1. The lowest BCUT2D eigenvalue weighted by atomic mass is 10.1. The fourth-order valence-electron chi connectivity index (χ4n) is 2.45. The second kappa shape index (κ2) is 6.44. The fourth-order valence-corrected chi connectivity index (χ4v) is 2.80. The van der Waals surface area contributed by atoms with Crippen LogP contribution in [0.1, 0.15) is 18.4 Å². The van der Waals surface area contributed by atoms with Gasteiger partial charge >= 0.3 is 0 Å². The zero-order valence-corrected chi connectivity index (χ0v) is 12.2. The van der Waals surface area contributed by atoms with Crippen molar-refractivity contribution in [1.82, 2.24) is 4.90 Å². The molecule has 0 amide bonds. The highest BCUT2D eigenvalue weighted by Gasteiger charge is 2.17. The standard InChI is InChI=1S/C15H23ClN2/c1-17(2)15-7-5-13(6-8-15)9-11-18-10-3-4-14(16)12-18/h5-8,14H,3-4,9-12H2,1-2H3. The molecule has 0 saturated carbocycles. The van der Waals surface area contributed by atoms with Gasteiger partial charge in [0.05, 0.1) is 0 Å². The third-order valence-corrected chi connectivity index (χ3v) is 3.97. The molecule has 1 unspecified atom stereocenters. The summed E-state index contributed by atoms with van der Waals surface area (Å²) in [5.41, 5.74) is 2.68. The monoisotopic (exact) mass is 266 g/mol. The first-order valence-corrected chi connectivity index (χ1v) is 7.21. The normalized spacial score (nSPS) is 20.9. The van der Waals surface area contributed by atoms with E-state index < -0.39 is 0 Å². The molecular formula is C15H23ClN2. The number of nitrogens with zero attached hydrogens (tertiary/aromatic N) is 2. The molecule has 1 fully saturated rings. The van der Waals surface area contributed by atoms with Crippen LogP contribution in [-0.2, 0) is 6.42 Å². The van der Waals surface area contributed by atoms with Gasteiger partial charge in [0.25, 0.3) is 0 Å². The van der Waals surface area contributed by atoms with Crippen LogP contribution < -0.4 is 4.90 Å². The number of rotatable bonds is 4. The van der Waals surface area contributed by atoms with Gasteiger partial charge in [-0.25, -0.2) is 0 Å². The lowest BCUT2D eigenvalue weighted by Crippen LogP contribution is -2.37. The SMILES string of the molecule is CN(C)c1ccc(CCN2CCCC(Cl)C2)cc1. The summed E-state index contributed by atoms with van der Waals surface area (Å²) < 4.78 is 0. The molecule has 3 heteroatoms. The topological polar surface area (TPSA) is 6.48 Å². The summed E-state index contributed by atoms with van der Waals surface area (Å²) in [6, 6.07) is 8.85. The Bertz CT molecular complexity index is 361. The lowest BCUT2D eigenvalue weighted by Gasteiger charge is -2.29. The molecule has 1 atom stereocenters. The van der Waals surface area contributed by atoms with Gasteiger partial charge in [0, 0.05) is 38.2 Å². The highest BCUT2D eigenvalue weighted by atomic mass is 35.5. The van der Waals surface area contributed by atoms with Crippen LogP contribution in [-0.4, -0.2) is 44.0 Å². The first-order valence-electron chi connectivity index (χ1n) is 6.78. The summed E-state index contributed by atoms with van der Waals surface area (Å²) in [7, 11) is 4.15. The van der Waals surface area contributed by atoms with Gasteiger partial charge in [-0.05, 0) is 43.5 Å². The molecule has 0 bridgehead atoms. The van der Waals surface area contributed by atoms with Crippen LogP contribution in [0.3, 0.4) is 0 Å². The summed E-state index contributed by atoms with van der Waals surface area (Å²) in [4.78, 5) is 4.62.